The Morgan fingerprint density at radius 1 is 0.882 bits per heavy atom. The van der Waals surface area contributed by atoms with E-state index in [0.29, 0.717) is 19.0 Å². The molecule has 0 aliphatic rings. The summed E-state index contributed by atoms with van der Waals surface area (Å²) >= 11 is 3.87. The number of ether oxygens (including phenoxy) is 3. The number of rotatable bonds is 12. The second-order valence-electron chi connectivity index (χ2n) is 7.12. The molecule has 3 rings (SSSR count). The average Bonchev–Trinajstić information content (AvgIpc) is 2.83. The van der Waals surface area contributed by atoms with Crippen molar-refractivity contribution >= 4 is 45.9 Å². The van der Waals surface area contributed by atoms with Crippen LogP contribution in [-0.2, 0) is 4.79 Å². The Bertz CT molecular complexity index is 1060. The monoisotopic (exact) mass is 590 g/mol. The first-order chi connectivity index (χ1) is 16.5. The Kier molecular flexibility index (Phi) is 10.2. The zero-order valence-corrected chi connectivity index (χ0v) is 22.1. The van der Waals surface area contributed by atoms with Crippen molar-refractivity contribution in [1.29, 1.82) is 0 Å². The van der Waals surface area contributed by atoms with Crippen LogP contribution in [0, 0.1) is 3.57 Å². The Morgan fingerprint density at radius 2 is 1.44 bits per heavy atom. The fraction of sp³-hybridized carbons (Fsp3) is 0.222. The van der Waals surface area contributed by atoms with Gasteiger partial charge in [0.2, 0.25) is 0 Å². The number of aliphatic carboxylic acids is 1. The number of halogens is 1. The summed E-state index contributed by atoms with van der Waals surface area (Å²) in [5.74, 6) is 2.06. The highest BCUT2D eigenvalue weighted by Gasteiger charge is 2.08. The van der Waals surface area contributed by atoms with Gasteiger partial charge in [0, 0.05) is 10.6 Å². The zero-order valence-electron chi connectivity index (χ0n) is 19.1. The topological polar surface area (TPSA) is 65.0 Å². The van der Waals surface area contributed by atoms with Gasteiger partial charge in [0.1, 0.15) is 17.2 Å². The largest absolute Gasteiger partial charge is 0.494 e. The lowest BCUT2D eigenvalue weighted by Crippen LogP contribution is -2.10. The summed E-state index contributed by atoms with van der Waals surface area (Å²) < 4.78 is 17.4. The van der Waals surface area contributed by atoms with Gasteiger partial charge in [0.15, 0.2) is 6.61 Å². The van der Waals surface area contributed by atoms with E-state index in [1.165, 1.54) is 0 Å². The van der Waals surface area contributed by atoms with Crippen LogP contribution in [0.1, 0.15) is 25.0 Å². The zero-order chi connectivity index (χ0) is 24.3. The van der Waals surface area contributed by atoms with E-state index in [1.54, 1.807) is 11.8 Å². The minimum Gasteiger partial charge on any atom is -0.494 e. The lowest BCUT2D eigenvalue weighted by atomic mass is 9.97. The summed E-state index contributed by atoms with van der Waals surface area (Å²) in [5, 5.41) is 8.81. The first-order valence-electron chi connectivity index (χ1n) is 10.9. The Balaban J connectivity index is 1.79. The molecule has 0 radical (unpaired) electrons. The molecule has 0 spiro atoms. The maximum Gasteiger partial charge on any atom is 0.341 e. The average molecular weight is 590 g/mol. The minimum absolute atomic E-state index is 0.348. The lowest BCUT2D eigenvalue weighted by Gasteiger charge is -2.12. The molecular formula is C27H27IO5S. The summed E-state index contributed by atoms with van der Waals surface area (Å²) in [7, 11) is 0. The summed E-state index contributed by atoms with van der Waals surface area (Å²) in [6.07, 6.45) is 2.22. The van der Waals surface area contributed by atoms with Crippen LogP contribution in [0.4, 0.5) is 0 Å². The van der Waals surface area contributed by atoms with Crippen LogP contribution < -0.4 is 14.2 Å². The third-order valence-electron chi connectivity index (χ3n) is 4.74. The van der Waals surface area contributed by atoms with Crippen molar-refractivity contribution in [3.8, 4) is 17.2 Å². The molecule has 0 unspecified atom stereocenters. The van der Waals surface area contributed by atoms with Crippen LogP contribution in [-0.4, -0.2) is 36.6 Å². The molecule has 178 valence electrons. The van der Waals surface area contributed by atoms with Gasteiger partial charge < -0.3 is 19.3 Å². The van der Waals surface area contributed by atoms with Gasteiger partial charge in [-0.3, -0.25) is 0 Å². The number of benzene rings is 3. The molecule has 34 heavy (non-hydrogen) atoms. The molecule has 0 heterocycles. The van der Waals surface area contributed by atoms with Crippen LogP contribution in [0.5, 0.6) is 17.2 Å². The second kappa shape index (κ2) is 13.3. The number of hydrogen-bond donors (Lipinski definition) is 1. The third kappa shape index (κ3) is 7.70. The maximum atomic E-state index is 10.7. The van der Waals surface area contributed by atoms with E-state index in [9.17, 15) is 4.79 Å². The first kappa shape index (κ1) is 26.0. The van der Waals surface area contributed by atoms with Crippen LogP contribution >= 0.6 is 34.4 Å². The van der Waals surface area contributed by atoms with Crippen LogP contribution in [0.2, 0.25) is 0 Å². The highest BCUT2D eigenvalue weighted by atomic mass is 127. The Morgan fingerprint density at radius 3 is 1.91 bits per heavy atom. The van der Waals surface area contributed by atoms with Crippen molar-refractivity contribution in [2.24, 2.45) is 0 Å². The molecule has 0 bridgehead atoms. The van der Waals surface area contributed by atoms with Crippen molar-refractivity contribution in [1.82, 2.24) is 0 Å². The fourth-order valence-electron chi connectivity index (χ4n) is 3.25. The van der Waals surface area contributed by atoms with Gasteiger partial charge in [-0.05, 0) is 95.6 Å². The summed E-state index contributed by atoms with van der Waals surface area (Å²) in [5.41, 5.74) is 3.36. The van der Waals surface area contributed by atoms with E-state index >= 15 is 0 Å². The second-order valence-corrected chi connectivity index (χ2v) is 9.37. The van der Waals surface area contributed by atoms with Crippen molar-refractivity contribution in [2.75, 3.05) is 25.6 Å². The molecule has 0 fully saturated rings. The van der Waals surface area contributed by atoms with Gasteiger partial charge in [-0.15, -0.1) is 11.8 Å². The molecule has 0 atom stereocenters. The van der Waals surface area contributed by atoms with E-state index in [0.717, 1.165) is 42.4 Å². The van der Waals surface area contributed by atoms with Gasteiger partial charge in [-0.25, -0.2) is 4.79 Å². The molecule has 0 aromatic heterocycles. The van der Waals surface area contributed by atoms with Gasteiger partial charge in [0.05, 0.1) is 16.8 Å². The maximum absolute atomic E-state index is 10.7. The van der Waals surface area contributed by atoms with E-state index in [2.05, 4.69) is 52.9 Å². The molecule has 5 nitrogen and oxygen atoms in total. The molecule has 0 amide bonds. The van der Waals surface area contributed by atoms with Crippen LogP contribution in [0.3, 0.4) is 0 Å². The van der Waals surface area contributed by atoms with Gasteiger partial charge in [0.25, 0.3) is 0 Å². The minimum atomic E-state index is -0.990. The smallest absolute Gasteiger partial charge is 0.341 e. The molecule has 0 aliphatic heterocycles. The summed E-state index contributed by atoms with van der Waals surface area (Å²) in [6, 6.07) is 22.1. The molecule has 0 saturated carbocycles. The number of carboxylic acid groups (broad SMARTS) is 1. The normalized spacial score (nSPS) is 10.4. The van der Waals surface area contributed by atoms with Gasteiger partial charge >= 0.3 is 5.97 Å². The molecule has 3 aromatic rings. The Hall–Kier alpha value is -2.65. The molecular weight excluding hydrogens is 563 g/mol. The fourth-order valence-corrected chi connectivity index (χ4v) is 4.94. The molecule has 3 aromatic carbocycles. The van der Waals surface area contributed by atoms with Gasteiger partial charge in [-0.1, -0.05) is 30.3 Å². The predicted octanol–water partition coefficient (Wildman–Crippen LogP) is 6.78. The quantitative estimate of drug-likeness (QED) is 0.186. The standard InChI is InChI=1S/C27H27IO5S/c1-3-31-21-9-5-19(6-10-21)24(20-7-11-22(12-8-20)32-4-2)15-16-34-23-13-14-26(25(28)17-23)33-18-27(29)30/h5-15,17H,3-4,16,18H2,1-2H3,(H,29,30). The number of hydrogen-bond acceptors (Lipinski definition) is 5. The summed E-state index contributed by atoms with van der Waals surface area (Å²) in [4.78, 5) is 11.8. The number of carbonyl (C=O) groups is 1. The van der Waals surface area contributed by atoms with E-state index in [1.807, 2.05) is 56.3 Å². The van der Waals surface area contributed by atoms with Crippen molar-refractivity contribution in [2.45, 2.75) is 18.7 Å². The molecule has 7 heteroatoms. The van der Waals surface area contributed by atoms with Crippen molar-refractivity contribution in [3.05, 3.63) is 87.5 Å². The highest BCUT2D eigenvalue weighted by molar-refractivity contribution is 14.1. The van der Waals surface area contributed by atoms with E-state index in [4.69, 9.17) is 19.3 Å². The molecule has 0 saturated heterocycles. The SMILES string of the molecule is CCOc1ccc(C(=CCSc2ccc(OCC(=O)O)c(I)c2)c2ccc(OCC)cc2)cc1. The van der Waals surface area contributed by atoms with E-state index in [-0.39, 0.29) is 6.61 Å². The predicted molar refractivity (Wildman–Crippen MR) is 145 cm³/mol. The van der Waals surface area contributed by atoms with E-state index < -0.39 is 5.97 Å². The Labute approximate surface area is 218 Å². The van der Waals surface area contributed by atoms with Gasteiger partial charge in [-0.2, -0.15) is 0 Å². The number of thioether (sulfide) groups is 1. The molecule has 1 N–H and O–H groups in total. The van der Waals surface area contributed by atoms with Crippen molar-refractivity contribution < 1.29 is 24.1 Å². The number of carboxylic acids is 1. The first-order valence-corrected chi connectivity index (χ1v) is 13.0. The lowest BCUT2D eigenvalue weighted by molar-refractivity contribution is -0.139. The third-order valence-corrected chi connectivity index (χ3v) is 6.51. The van der Waals surface area contributed by atoms with Crippen LogP contribution in [0.15, 0.2) is 77.7 Å². The van der Waals surface area contributed by atoms with Crippen molar-refractivity contribution in [3.63, 3.8) is 0 Å². The molecule has 0 aliphatic carbocycles. The summed E-state index contributed by atoms with van der Waals surface area (Å²) in [6.45, 7) is 4.87. The van der Waals surface area contributed by atoms with Crippen LogP contribution in [0.25, 0.3) is 5.57 Å². The highest BCUT2D eigenvalue weighted by Crippen LogP contribution is 2.31.